The van der Waals surface area contributed by atoms with E-state index >= 15 is 0 Å². The molecule has 2 aromatic carbocycles. The quantitative estimate of drug-likeness (QED) is 0.668. The molecule has 6 nitrogen and oxygen atoms in total. The summed E-state index contributed by atoms with van der Waals surface area (Å²) in [6, 6.07) is 18.6. The van der Waals surface area contributed by atoms with Crippen LogP contribution < -0.4 is 0 Å². The van der Waals surface area contributed by atoms with Gasteiger partial charge in [0, 0.05) is 37.3 Å². The second-order valence-electron chi connectivity index (χ2n) is 8.18. The Bertz CT molecular complexity index is 1040. The Hall–Kier alpha value is -2.96. The Balaban J connectivity index is 1.52. The van der Waals surface area contributed by atoms with E-state index in [1.165, 1.54) is 5.56 Å². The molecule has 1 aromatic heterocycles. The number of fused-ring (bicyclic) bond motifs is 1. The normalized spacial score (nSPS) is 19.1. The Labute approximate surface area is 182 Å². The number of hydrogen-bond donors (Lipinski definition) is 1. The highest BCUT2D eigenvalue weighted by molar-refractivity contribution is 6.00. The first kappa shape index (κ1) is 20.0. The third kappa shape index (κ3) is 3.77. The van der Waals surface area contributed by atoms with E-state index in [9.17, 15) is 4.79 Å². The Morgan fingerprint density at radius 2 is 1.77 bits per heavy atom. The smallest absolute Gasteiger partial charge is 0.273 e. The molecular formula is C25H28N4O2. The summed E-state index contributed by atoms with van der Waals surface area (Å²) in [6.07, 6.45) is 0.997. The van der Waals surface area contributed by atoms with E-state index < -0.39 is 0 Å². The predicted octanol–water partition coefficient (Wildman–Crippen LogP) is 3.52. The average molecular weight is 417 g/mol. The molecule has 1 saturated heterocycles. The minimum atomic E-state index is -0.136. The van der Waals surface area contributed by atoms with Crippen molar-refractivity contribution in [2.45, 2.75) is 19.4 Å². The van der Waals surface area contributed by atoms with Gasteiger partial charge in [0.05, 0.1) is 24.9 Å². The number of aryl methyl sites for hydroxylation is 1. The second kappa shape index (κ2) is 8.65. The van der Waals surface area contributed by atoms with Gasteiger partial charge in [-0.1, -0.05) is 61.5 Å². The van der Waals surface area contributed by atoms with Crippen molar-refractivity contribution in [3.8, 4) is 11.3 Å². The first-order valence-corrected chi connectivity index (χ1v) is 11.1. The summed E-state index contributed by atoms with van der Waals surface area (Å²) < 4.78 is 5.47. The van der Waals surface area contributed by atoms with Gasteiger partial charge in [-0.3, -0.25) is 14.8 Å². The summed E-state index contributed by atoms with van der Waals surface area (Å²) in [5.41, 5.74) is 5.92. The monoisotopic (exact) mass is 416 g/mol. The number of aromatic nitrogens is 2. The van der Waals surface area contributed by atoms with Gasteiger partial charge in [-0.25, -0.2) is 0 Å². The number of hydrogen-bond acceptors (Lipinski definition) is 4. The van der Waals surface area contributed by atoms with Crippen LogP contribution in [0.4, 0.5) is 0 Å². The van der Waals surface area contributed by atoms with Crippen molar-refractivity contribution in [3.63, 3.8) is 0 Å². The minimum absolute atomic E-state index is 0.0301. The molecule has 3 heterocycles. The zero-order chi connectivity index (χ0) is 21.2. The fraction of sp³-hybridized carbons (Fsp3) is 0.360. The maximum atomic E-state index is 13.4. The van der Waals surface area contributed by atoms with Gasteiger partial charge in [0.15, 0.2) is 0 Å². The molecule has 1 fully saturated rings. The maximum Gasteiger partial charge on any atom is 0.273 e. The van der Waals surface area contributed by atoms with E-state index in [1.807, 2.05) is 23.1 Å². The van der Waals surface area contributed by atoms with Gasteiger partial charge < -0.3 is 9.64 Å². The van der Waals surface area contributed by atoms with Crippen LogP contribution in [0.1, 0.15) is 40.1 Å². The van der Waals surface area contributed by atoms with Gasteiger partial charge in [-0.05, 0) is 17.5 Å². The first-order valence-electron chi connectivity index (χ1n) is 11.1. The van der Waals surface area contributed by atoms with E-state index in [0.29, 0.717) is 12.2 Å². The lowest BCUT2D eigenvalue weighted by Gasteiger charge is -2.31. The Morgan fingerprint density at radius 1 is 1.03 bits per heavy atom. The van der Waals surface area contributed by atoms with Gasteiger partial charge in [-0.15, -0.1) is 0 Å². The highest BCUT2D eigenvalue weighted by Crippen LogP contribution is 2.42. The highest BCUT2D eigenvalue weighted by atomic mass is 16.5. The molecule has 0 spiro atoms. The van der Waals surface area contributed by atoms with E-state index in [1.54, 1.807) is 0 Å². The fourth-order valence-electron chi connectivity index (χ4n) is 4.60. The number of carbonyl (C=O) groups is 1. The predicted molar refractivity (Wildman–Crippen MR) is 120 cm³/mol. The van der Waals surface area contributed by atoms with Crippen LogP contribution in [0.25, 0.3) is 11.3 Å². The second-order valence-corrected chi connectivity index (χ2v) is 8.18. The topological polar surface area (TPSA) is 61.5 Å². The van der Waals surface area contributed by atoms with Crippen LogP contribution in [0.3, 0.4) is 0 Å². The highest BCUT2D eigenvalue weighted by Gasteiger charge is 2.42. The van der Waals surface area contributed by atoms with Crippen molar-refractivity contribution >= 4 is 5.91 Å². The van der Waals surface area contributed by atoms with Gasteiger partial charge in [-0.2, -0.15) is 5.10 Å². The molecule has 31 heavy (non-hydrogen) atoms. The number of rotatable bonds is 6. The van der Waals surface area contributed by atoms with Crippen molar-refractivity contribution in [3.05, 3.63) is 77.0 Å². The van der Waals surface area contributed by atoms with Crippen LogP contribution in [0.15, 0.2) is 54.6 Å². The Kier molecular flexibility index (Phi) is 5.57. The van der Waals surface area contributed by atoms with Crippen molar-refractivity contribution in [1.82, 2.24) is 20.0 Å². The van der Waals surface area contributed by atoms with Gasteiger partial charge in [0.1, 0.15) is 5.69 Å². The lowest BCUT2D eigenvalue weighted by atomic mass is 9.95. The minimum Gasteiger partial charge on any atom is -0.379 e. The lowest BCUT2D eigenvalue weighted by molar-refractivity contribution is 0.0316. The van der Waals surface area contributed by atoms with Crippen LogP contribution in [0.2, 0.25) is 0 Å². The molecule has 0 aliphatic carbocycles. The number of aromatic amines is 1. The molecule has 6 heteroatoms. The molecule has 0 bridgehead atoms. The number of benzene rings is 2. The molecule has 3 aromatic rings. The zero-order valence-electron chi connectivity index (χ0n) is 17.9. The van der Waals surface area contributed by atoms with E-state index in [4.69, 9.17) is 4.74 Å². The average Bonchev–Trinajstić information content (AvgIpc) is 3.38. The summed E-state index contributed by atoms with van der Waals surface area (Å²) in [5.74, 6) is 0.0301. The van der Waals surface area contributed by atoms with E-state index in [0.717, 1.165) is 61.7 Å². The number of ether oxygens (including phenoxy) is 1. The van der Waals surface area contributed by atoms with E-state index in [2.05, 4.69) is 58.4 Å². The Morgan fingerprint density at radius 3 is 2.48 bits per heavy atom. The molecule has 0 radical (unpaired) electrons. The van der Waals surface area contributed by atoms with Gasteiger partial charge in [0.2, 0.25) is 0 Å². The molecule has 160 valence electrons. The number of amides is 1. The molecule has 5 rings (SSSR count). The number of H-pyrrole nitrogens is 1. The summed E-state index contributed by atoms with van der Waals surface area (Å²) in [4.78, 5) is 17.8. The number of nitrogens with zero attached hydrogens (tertiary/aromatic N) is 3. The molecular weight excluding hydrogens is 388 g/mol. The van der Waals surface area contributed by atoms with Crippen LogP contribution in [-0.4, -0.2) is 65.3 Å². The molecule has 1 atom stereocenters. The van der Waals surface area contributed by atoms with Crippen molar-refractivity contribution in [2.24, 2.45) is 0 Å². The van der Waals surface area contributed by atoms with Crippen LogP contribution in [-0.2, 0) is 11.2 Å². The van der Waals surface area contributed by atoms with Crippen molar-refractivity contribution < 1.29 is 9.53 Å². The van der Waals surface area contributed by atoms with Crippen molar-refractivity contribution in [1.29, 1.82) is 0 Å². The van der Waals surface area contributed by atoms with Crippen LogP contribution in [0, 0.1) is 0 Å². The summed E-state index contributed by atoms with van der Waals surface area (Å²) in [7, 11) is 0. The largest absolute Gasteiger partial charge is 0.379 e. The summed E-state index contributed by atoms with van der Waals surface area (Å²) >= 11 is 0. The fourth-order valence-corrected chi connectivity index (χ4v) is 4.60. The third-order valence-electron chi connectivity index (χ3n) is 6.38. The van der Waals surface area contributed by atoms with Gasteiger partial charge >= 0.3 is 0 Å². The maximum absolute atomic E-state index is 13.4. The zero-order valence-corrected chi connectivity index (χ0v) is 17.9. The standard InChI is InChI=1S/C25H28N4O2/c1-2-18-8-10-20(11-9-18)24-21-22(19-6-4-3-5-7-19)26-27-23(21)25(30)29(24)13-12-28-14-16-31-17-15-28/h3-11,24H,2,12-17H2,1H3,(H,26,27). The first-order chi connectivity index (χ1) is 15.3. The molecule has 1 unspecified atom stereocenters. The molecule has 2 aliphatic rings. The van der Waals surface area contributed by atoms with Crippen LogP contribution >= 0.6 is 0 Å². The summed E-state index contributed by atoms with van der Waals surface area (Å²) in [5, 5.41) is 7.60. The van der Waals surface area contributed by atoms with Crippen molar-refractivity contribution in [2.75, 3.05) is 39.4 Å². The number of carbonyl (C=O) groups excluding carboxylic acids is 1. The van der Waals surface area contributed by atoms with Crippen LogP contribution in [0.5, 0.6) is 0 Å². The molecule has 0 saturated carbocycles. The number of morpholine rings is 1. The summed E-state index contributed by atoms with van der Waals surface area (Å²) in [6.45, 7) is 7.03. The lowest BCUT2D eigenvalue weighted by Crippen LogP contribution is -2.42. The molecule has 1 N–H and O–H groups in total. The number of nitrogens with one attached hydrogen (secondary N) is 1. The molecule has 1 amide bonds. The third-order valence-corrected chi connectivity index (χ3v) is 6.38. The molecule has 2 aliphatic heterocycles. The SMILES string of the molecule is CCc1ccc(C2c3c(-c4ccccc4)n[nH]c3C(=O)N2CCN2CCOCC2)cc1. The van der Waals surface area contributed by atoms with Gasteiger partial charge in [0.25, 0.3) is 5.91 Å². The van der Waals surface area contributed by atoms with E-state index in [-0.39, 0.29) is 11.9 Å².